The minimum atomic E-state index is -4.87. The molecule has 1 unspecified atom stereocenters. The third kappa shape index (κ3) is 7.65. The number of halogens is 5. The summed E-state index contributed by atoms with van der Waals surface area (Å²) in [5.41, 5.74) is 0.176. The van der Waals surface area contributed by atoms with Gasteiger partial charge in [0, 0.05) is 11.4 Å². The lowest BCUT2D eigenvalue weighted by Gasteiger charge is -2.28. The lowest BCUT2D eigenvalue weighted by molar-refractivity contribution is -0.326. The van der Waals surface area contributed by atoms with Crippen molar-refractivity contribution in [1.82, 2.24) is 4.72 Å². The first-order valence-corrected chi connectivity index (χ1v) is 7.97. The summed E-state index contributed by atoms with van der Waals surface area (Å²) >= 11 is -1.70. The van der Waals surface area contributed by atoms with Gasteiger partial charge >= 0.3 is 13.0 Å². The maximum absolute atomic E-state index is 12.3. The third-order valence-electron chi connectivity index (χ3n) is 2.70. The van der Waals surface area contributed by atoms with Crippen molar-refractivity contribution in [3.63, 3.8) is 0 Å². The summed E-state index contributed by atoms with van der Waals surface area (Å²) in [6, 6.07) is 3.99. The van der Waals surface area contributed by atoms with Gasteiger partial charge in [-0.05, 0) is 38.5 Å². The molecule has 1 rings (SSSR count). The summed E-state index contributed by atoms with van der Waals surface area (Å²) < 4.78 is 83.4. The molecule has 2 atom stereocenters. The molecule has 0 bridgehead atoms. The maximum Gasteiger partial charge on any atom is 0.522 e. The van der Waals surface area contributed by atoms with Gasteiger partial charge in [-0.25, -0.2) is 0 Å². The highest BCUT2D eigenvalue weighted by Crippen LogP contribution is 2.26. The Morgan fingerprint density at radius 1 is 1.21 bits per heavy atom. The molecule has 0 aliphatic carbocycles. The van der Waals surface area contributed by atoms with Crippen LogP contribution in [0, 0.1) is 0 Å². The van der Waals surface area contributed by atoms with Crippen molar-refractivity contribution in [2.75, 3.05) is 6.61 Å². The molecule has 1 N–H and O–H groups in total. The van der Waals surface area contributed by atoms with Crippen LogP contribution in [-0.4, -0.2) is 28.9 Å². The van der Waals surface area contributed by atoms with E-state index in [1.54, 1.807) is 20.8 Å². The maximum atomic E-state index is 12.3. The molecule has 0 spiro atoms. The Bertz CT molecular complexity index is 522. The number of benzene rings is 1. The van der Waals surface area contributed by atoms with Crippen molar-refractivity contribution in [2.45, 2.75) is 44.5 Å². The average molecular weight is 375 g/mol. The standard InChI is InChI=1S/C14H18F5NO3S/c1-13(2,3)24(21)20-11(8-22-14(17,18)19)9-5-4-6-10(7-9)23-12(15)16/h4-7,11-12,20H,8H2,1-3H3/t11?,24-/m1/s1. The highest BCUT2D eigenvalue weighted by atomic mass is 32.2. The highest BCUT2D eigenvalue weighted by molar-refractivity contribution is 7.90. The summed E-state index contributed by atoms with van der Waals surface area (Å²) in [7, 11) is 0. The summed E-state index contributed by atoms with van der Waals surface area (Å²) in [6.07, 6.45) is -4.87. The van der Waals surface area contributed by atoms with Crippen LogP contribution in [0.1, 0.15) is 32.4 Å². The van der Waals surface area contributed by atoms with Crippen LogP contribution < -0.4 is 9.46 Å². The van der Waals surface area contributed by atoms with Crippen LogP contribution in [-0.2, 0) is 16.1 Å². The Hall–Kier alpha value is -1.10. The van der Waals surface area contributed by atoms with E-state index in [0.717, 1.165) is 6.07 Å². The van der Waals surface area contributed by atoms with Crippen molar-refractivity contribution in [3.8, 4) is 5.75 Å². The molecule has 0 saturated carbocycles. The molecule has 24 heavy (non-hydrogen) atoms. The van der Waals surface area contributed by atoms with E-state index in [1.165, 1.54) is 18.2 Å². The number of hydrogen-bond donors (Lipinski definition) is 1. The second kappa shape index (κ2) is 8.32. The molecule has 4 nitrogen and oxygen atoms in total. The summed E-state index contributed by atoms with van der Waals surface area (Å²) in [5.74, 6) is -0.220. The van der Waals surface area contributed by atoms with Gasteiger partial charge in [0.05, 0.1) is 6.61 Å². The topological polar surface area (TPSA) is 53.5 Å². The molecule has 0 aromatic heterocycles. The minimum Gasteiger partial charge on any atom is -0.598 e. The predicted octanol–water partition coefficient (Wildman–Crippen LogP) is 3.92. The first-order chi connectivity index (χ1) is 10.9. The summed E-state index contributed by atoms with van der Waals surface area (Å²) in [5, 5.41) is 0. The van der Waals surface area contributed by atoms with Crippen LogP contribution in [0.15, 0.2) is 24.3 Å². The van der Waals surface area contributed by atoms with Crippen LogP contribution in [0.3, 0.4) is 0 Å². The molecule has 1 aromatic rings. The fourth-order valence-corrected chi connectivity index (χ4v) is 2.41. The van der Waals surface area contributed by atoms with Gasteiger partial charge in [-0.1, -0.05) is 12.1 Å². The van der Waals surface area contributed by atoms with E-state index in [0.29, 0.717) is 0 Å². The van der Waals surface area contributed by atoms with Crippen LogP contribution >= 0.6 is 0 Å². The fraction of sp³-hybridized carbons (Fsp3) is 0.571. The van der Waals surface area contributed by atoms with Crippen molar-refractivity contribution in [1.29, 1.82) is 0 Å². The van der Waals surface area contributed by atoms with Crippen LogP contribution in [0.4, 0.5) is 22.0 Å². The molecular formula is C14H18F5NO3S. The molecule has 0 aliphatic rings. The average Bonchev–Trinajstić information content (AvgIpc) is 2.40. The zero-order chi connectivity index (χ0) is 18.5. The van der Waals surface area contributed by atoms with Crippen molar-refractivity contribution in [2.24, 2.45) is 0 Å². The van der Waals surface area contributed by atoms with Crippen molar-refractivity contribution >= 4 is 11.4 Å². The summed E-state index contributed by atoms with van der Waals surface area (Å²) in [4.78, 5) is 0. The number of alkyl halides is 5. The number of ether oxygens (including phenoxy) is 2. The SMILES string of the molecule is CC(C)(C)[S@@+]([O-])NC(COC(F)(F)F)c1cccc(OC(F)F)c1. The largest absolute Gasteiger partial charge is 0.598 e. The van der Waals surface area contributed by atoms with E-state index in [9.17, 15) is 26.5 Å². The van der Waals surface area contributed by atoms with Crippen LogP contribution in [0.2, 0.25) is 0 Å². The number of hydrogen-bond acceptors (Lipinski definition) is 4. The van der Waals surface area contributed by atoms with E-state index >= 15 is 0 Å². The summed E-state index contributed by atoms with van der Waals surface area (Å²) in [6.45, 7) is 0.960. The Kier molecular flexibility index (Phi) is 7.26. The molecule has 10 heteroatoms. The van der Waals surface area contributed by atoms with Gasteiger partial charge in [0.1, 0.15) is 16.5 Å². The van der Waals surface area contributed by atoms with E-state index in [1.807, 2.05) is 0 Å². The molecule has 0 radical (unpaired) electrons. The Balaban J connectivity index is 2.99. The molecule has 0 saturated heterocycles. The lowest BCUT2D eigenvalue weighted by Crippen LogP contribution is -2.43. The minimum absolute atomic E-state index is 0.176. The molecule has 138 valence electrons. The van der Waals surface area contributed by atoms with Crippen LogP contribution in [0.5, 0.6) is 5.75 Å². The van der Waals surface area contributed by atoms with E-state index in [-0.39, 0.29) is 11.3 Å². The molecular weight excluding hydrogens is 357 g/mol. The zero-order valence-electron chi connectivity index (χ0n) is 13.2. The molecule has 1 aromatic carbocycles. The molecule has 0 amide bonds. The Labute approximate surface area is 139 Å². The normalized spacial score (nSPS) is 15.4. The molecule has 0 fully saturated rings. The Morgan fingerprint density at radius 2 is 1.83 bits per heavy atom. The lowest BCUT2D eigenvalue weighted by atomic mass is 10.1. The molecule has 0 aliphatic heterocycles. The van der Waals surface area contributed by atoms with Gasteiger partial charge in [-0.15, -0.1) is 17.9 Å². The predicted molar refractivity (Wildman–Crippen MR) is 78.9 cm³/mol. The fourth-order valence-electron chi connectivity index (χ4n) is 1.59. The highest BCUT2D eigenvalue weighted by Gasteiger charge is 2.34. The smallest absolute Gasteiger partial charge is 0.522 e. The van der Waals surface area contributed by atoms with Gasteiger partial charge in [-0.2, -0.15) is 8.78 Å². The zero-order valence-corrected chi connectivity index (χ0v) is 14.0. The number of nitrogens with one attached hydrogen (secondary N) is 1. The number of rotatable bonds is 7. The third-order valence-corrected chi connectivity index (χ3v) is 4.32. The van der Waals surface area contributed by atoms with E-state index in [2.05, 4.69) is 14.2 Å². The first-order valence-electron chi connectivity index (χ1n) is 6.82. The van der Waals surface area contributed by atoms with Crippen LogP contribution in [0.25, 0.3) is 0 Å². The second-order valence-corrected chi connectivity index (χ2v) is 7.76. The van der Waals surface area contributed by atoms with Crippen molar-refractivity contribution < 1.29 is 36.0 Å². The van der Waals surface area contributed by atoms with E-state index in [4.69, 9.17) is 0 Å². The monoisotopic (exact) mass is 375 g/mol. The van der Waals surface area contributed by atoms with Gasteiger partial charge in [0.25, 0.3) is 0 Å². The first kappa shape index (κ1) is 20.9. The van der Waals surface area contributed by atoms with Gasteiger partial charge < -0.3 is 9.29 Å². The second-order valence-electron chi connectivity index (χ2n) is 5.76. The van der Waals surface area contributed by atoms with Gasteiger partial charge in [0.15, 0.2) is 0 Å². The quantitative estimate of drug-likeness (QED) is 0.580. The Morgan fingerprint density at radius 3 is 2.33 bits per heavy atom. The van der Waals surface area contributed by atoms with E-state index < -0.39 is 41.7 Å². The van der Waals surface area contributed by atoms with Gasteiger partial charge in [0.2, 0.25) is 0 Å². The van der Waals surface area contributed by atoms with Gasteiger partial charge in [-0.3, -0.25) is 4.74 Å². The van der Waals surface area contributed by atoms with Crippen molar-refractivity contribution in [3.05, 3.63) is 29.8 Å². The molecule has 0 heterocycles.